The van der Waals surface area contributed by atoms with Gasteiger partial charge in [0, 0.05) is 6.04 Å². The van der Waals surface area contributed by atoms with E-state index < -0.39 is 0 Å². The van der Waals surface area contributed by atoms with E-state index in [2.05, 4.69) is 24.4 Å². The minimum atomic E-state index is 0.670. The van der Waals surface area contributed by atoms with E-state index in [1.54, 1.807) is 0 Å². The minimum absolute atomic E-state index is 0.670. The van der Waals surface area contributed by atoms with E-state index in [9.17, 15) is 0 Å². The number of hydrogen-bond donors (Lipinski definition) is 1. The Hall–Kier alpha value is -1.22. The normalized spacial score (nSPS) is 22.6. The molecule has 0 spiro atoms. The summed E-state index contributed by atoms with van der Waals surface area (Å²) in [5.74, 6) is 2.47. The van der Waals surface area contributed by atoms with Gasteiger partial charge in [-0.3, -0.25) is 0 Å². The van der Waals surface area contributed by atoms with E-state index >= 15 is 0 Å². The quantitative estimate of drug-likeness (QED) is 0.864. The van der Waals surface area contributed by atoms with Crippen molar-refractivity contribution in [1.82, 2.24) is 5.32 Å². The minimum Gasteiger partial charge on any atom is -0.490 e. The van der Waals surface area contributed by atoms with Crippen LogP contribution in [0.15, 0.2) is 18.2 Å². The van der Waals surface area contributed by atoms with Gasteiger partial charge in [-0.15, -0.1) is 0 Å². The average molecular weight is 277 g/mol. The van der Waals surface area contributed by atoms with Crippen molar-refractivity contribution in [1.29, 1.82) is 0 Å². The van der Waals surface area contributed by atoms with Gasteiger partial charge in [0.25, 0.3) is 0 Å². The number of rotatable bonds is 6. The zero-order chi connectivity index (χ0) is 14.4. The van der Waals surface area contributed by atoms with Gasteiger partial charge in [-0.1, -0.05) is 6.07 Å². The molecular weight excluding hydrogens is 250 g/mol. The Labute approximate surface area is 122 Å². The number of hydrogen-bond acceptors (Lipinski definition) is 3. The summed E-state index contributed by atoms with van der Waals surface area (Å²) in [6.45, 7) is 8.74. The number of ether oxygens (including phenoxy) is 2. The molecule has 1 heterocycles. The molecule has 0 aliphatic carbocycles. The van der Waals surface area contributed by atoms with Crippen molar-refractivity contribution in [2.24, 2.45) is 5.92 Å². The summed E-state index contributed by atoms with van der Waals surface area (Å²) >= 11 is 0. The standard InChI is InChI=1S/C17H27NO2/c1-4-19-16-9-8-14(11-17(16)20-5-2)10-15-7-6-13(3)18-12-15/h8-9,11,13,15,18H,4-7,10,12H2,1-3H3. The van der Waals surface area contributed by atoms with Gasteiger partial charge < -0.3 is 14.8 Å². The highest BCUT2D eigenvalue weighted by Crippen LogP contribution is 2.30. The Morgan fingerprint density at radius 3 is 2.50 bits per heavy atom. The molecular formula is C17H27NO2. The predicted octanol–water partition coefficient (Wildman–Crippen LogP) is 3.41. The SMILES string of the molecule is CCOc1ccc(CC2CCC(C)NC2)cc1OCC. The highest BCUT2D eigenvalue weighted by Gasteiger charge is 2.18. The first-order chi connectivity index (χ1) is 9.72. The van der Waals surface area contributed by atoms with Gasteiger partial charge >= 0.3 is 0 Å². The Morgan fingerprint density at radius 1 is 1.10 bits per heavy atom. The summed E-state index contributed by atoms with van der Waals surface area (Å²) < 4.78 is 11.3. The van der Waals surface area contributed by atoms with E-state index in [4.69, 9.17) is 9.47 Å². The molecule has 1 aliphatic rings. The van der Waals surface area contributed by atoms with Crippen LogP contribution in [0.4, 0.5) is 0 Å². The molecule has 1 aromatic carbocycles. The molecule has 1 aromatic rings. The fourth-order valence-electron chi connectivity index (χ4n) is 2.79. The Bertz CT molecular complexity index is 411. The van der Waals surface area contributed by atoms with Gasteiger partial charge in [0.2, 0.25) is 0 Å². The van der Waals surface area contributed by atoms with Crippen LogP contribution in [0.1, 0.15) is 39.2 Å². The van der Waals surface area contributed by atoms with E-state index in [0.717, 1.165) is 30.4 Å². The molecule has 0 aromatic heterocycles. The molecule has 2 atom stereocenters. The molecule has 1 fully saturated rings. The molecule has 20 heavy (non-hydrogen) atoms. The lowest BCUT2D eigenvalue weighted by Gasteiger charge is -2.27. The van der Waals surface area contributed by atoms with E-state index in [0.29, 0.717) is 19.3 Å². The largest absolute Gasteiger partial charge is 0.490 e. The first-order valence-corrected chi connectivity index (χ1v) is 7.84. The zero-order valence-corrected chi connectivity index (χ0v) is 12.9. The van der Waals surface area contributed by atoms with Crippen molar-refractivity contribution < 1.29 is 9.47 Å². The smallest absolute Gasteiger partial charge is 0.161 e. The molecule has 112 valence electrons. The van der Waals surface area contributed by atoms with Crippen molar-refractivity contribution in [3.8, 4) is 11.5 Å². The maximum Gasteiger partial charge on any atom is 0.161 e. The molecule has 2 unspecified atom stereocenters. The molecule has 1 aliphatic heterocycles. The highest BCUT2D eigenvalue weighted by molar-refractivity contribution is 5.43. The maximum atomic E-state index is 5.70. The summed E-state index contributed by atoms with van der Waals surface area (Å²) in [7, 11) is 0. The van der Waals surface area contributed by atoms with Crippen LogP contribution >= 0.6 is 0 Å². The molecule has 0 radical (unpaired) electrons. The van der Waals surface area contributed by atoms with Gasteiger partial charge in [-0.05, 0) is 70.2 Å². The third-order valence-corrected chi connectivity index (χ3v) is 3.90. The molecule has 1 N–H and O–H groups in total. The summed E-state index contributed by atoms with van der Waals surface area (Å²) in [4.78, 5) is 0. The number of piperidine rings is 1. The predicted molar refractivity (Wildman–Crippen MR) is 82.7 cm³/mol. The van der Waals surface area contributed by atoms with Crippen LogP contribution in [0, 0.1) is 5.92 Å². The van der Waals surface area contributed by atoms with Crippen molar-refractivity contribution in [3.63, 3.8) is 0 Å². The van der Waals surface area contributed by atoms with Crippen molar-refractivity contribution in [2.75, 3.05) is 19.8 Å². The van der Waals surface area contributed by atoms with E-state index in [1.165, 1.54) is 18.4 Å². The van der Waals surface area contributed by atoms with E-state index in [1.807, 2.05) is 19.9 Å². The lowest BCUT2D eigenvalue weighted by atomic mass is 9.90. The summed E-state index contributed by atoms with van der Waals surface area (Å²) in [6.07, 6.45) is 3.71. The van der Waals surface area contributed by atoms with Crippen LogP contribution in [0.5, 0.6) is 11.5 Å². The molecule has 2 rings (SSSR count). The Kier molecular flexibility index (Phi) is 5.72. The molecule has 3 nitrogen and oxygen atoms in total. The molecule has 0 saturated carbocycles. The van der Waals surface area contributed by atoms with Crippen molar-refractivity contribution in [2.45, 2.75) is 46.1 Å². The lowest BCUT2D eigenvalue weighted by Crippen LogP contribution is -2.37. The Balaban J connectivity index is 2.02. The van der Waals surface area contributed by atoms with Gasteiger partial charge in [0.15, 0.2) is 11.5 Å². The summed E-state index contributed by atoms with van der Waals surface area (Å²) in [6, 6.07) is 7.03. The van der Waals surface area contributed by atoms with Crippen LogP contribution in [0.3, 0.4) is 0 Å². The van der Waals surface area contributed by atoms with Crippen LogP contribution in [0.2, 0.25) is 0 Å². The van der Waals surface area contributed by atoms with E-state index in [-0.39, 0.29) is 0 Å². The second-order valence-corrected chi connectivity index (χ2v) is 5.60. The van der Waals surface area contributed by atoms with Crippen molar-refractivity contribution in [3.05, 3.63) is 23.8 Å². The third-order valence-electron chi connectivity index (χ3n) is 3.90. The molecule has 1 saturated heterocycles. The first kappa shape index (κ1) is 15.2. The topological polar surface area (TPSA) is 30.5 Å². The average Bonchev–Trinajstić information content (AvgIpc) is 2.45. The lowest BCUT2D eigenvalue weighted by molar-refractivity contribution is 0.286. The van der Waals surface area contributed by atoms with Crippen LogP contribution in [0.25, 0.3) is 0 Å². The molecule has 0 amide bonds. The number of benzene rings is 1. The van der Waals surface area contributed by atoms with Crippen LogP contribution < -0.4 is 14.8 Å². The second-order valence-electron chi connectivity index (χ2n) is 5.60. The monoisotopic (exact) mass is 277 g/mol. The fourth-order valence-corrected chi connectivity index (χ4v) is 2.79. The van der Waals surface area contributed by atoms with Gasteiger partial charge in [-0.25, -0.2) is 0 Å². The maximum absolute atomic E-state index is 5.70. The van der Waals surface area contributed by atoms with Crippen molar-refractivity contribution >= 4 is 0 Å². The first-order valence-electron chi connectivity index (χ1n) is 7.84. The Morgan fingerprint density at radius 2 is 1.85 bits per heavy atom. The highest BCUT2D eigenvalue weighted by atomic mass is 16.5. The molecule has 0 bridgehead atoms. The summed E-state index contributed by atoms with van der Waals surface area (Å²) in [5, 5.41) is 3.57. The summed E-state index contributed by atoms with van der Waals surface area (Å²) in [5.41, 5.74) is 1.35. The van der Waals surface area contributed by atoms with Gasteiger partial charge in [0.05, 0.1) is 13.2 Å². The fraction of sp³-hybridized carbons (Fsp3) is 0.647. The number of nitrogens with one attached hydrogen (secondary N) is 1. The zero-order valence-electron chi connectivity index (χ0n) is 12.9. The van der Waals surface area contributed by atoms with Gasteiger partial charge in [-0.2, -0.15) is 0 Å². The molecule has 3 heteroatoms. The second kappa shape index (κ2) is 7.53. The van der Waals surface area contributed by atoms with Crippen LogP contribution in [-0.2, 0) is 6.42 Å². The van der Waals surface area contributed by atoms with Crippen LogP contribution in [-0.4, -0.2) is 25.8 Å². The van der Waals surface area contributed by atoms with Gasteiger partial charge in [0.1, 0.15) is 0 Å². The third kappa shape index (κ3) is 4.14.